The average molecular weight is 304 g/mol. The van der Waals surface area contributed by atoms with Gasteiger partial charge in [-0.3, -0.25) is 0 Å². The molecule has 0 aromatic heterocycles. The normalized spacial score (nSPS) is 11.0. The van der Waals surface area contributed by atoms with Gasteiger partial charge in [0.05, 0.1) is 4.90 Å². The molecule has 0 aliphatic heterocycles. The Labute approximate surface area is 124 Å². The van der Waals surface area contributed by atoms with Crippen LogP contribution < -0.4 is 10.0 Å². The Morgan fingerprint density at radius 1 is 0.952 bits per heavy atom. The summed E-state index contributed by atoms with van der Waals surface area (Å²) in [6.45, 7) is 3.87. The van der Waals surface area contributed by atoms with Crippen LogP contribution in [0.25, 0.3) is 0 Å². The molecule has 0 saturated heterocycles. The second kappa shape index (κ2) is 5.97. The number of hydrogen-bond donors (Lipinski definition) is 2. The van der Waals surface area contributed by atoms with E-state index in [1.165, 1.54) is 12.1 Å². The van der Waals surface area contributed by atoms with Crippen molar-refractivity contribution in [2.75, 3.05) is 5.32 Å². The highest BCUT2D eigenvalue weighted by atomic mass is 32.2. The summed E-state index contributed by atoms with van der Waals surface area (Å²) in [6, 6.07) is 12.3. The van der Waals surface area contributed by atoms with Crippen LogP contribution in [0.2, 0.25) is 0 Å². The van der Waals surface area contributed by atoms with Crippen LogP contribution in [0.5, 0.6) is 0 Å². The number of urea groups is 1. The van der Waals surface area contributed by atoms with Crippen LogP contribution in [-0.2, 0) is 10.0 Å². The first-order valence-corrected chi connectivity index (χ1v) is 7.83. The van der Waals surface area contributed by atoms with Crippen LogP contribution >= 0.6 is 0 Å². The van der Waals surface area contributed by atoms with Gasteiger partial charge in [0.25, 0.3) is 10.0 Å². The van der Waals surface area contributed by atoms with E-state index in [0.717, 1.165) is 11.1 Å². The zero-order valence-electron chi connectivity index (χ0n) is 11.8. The van der Waals surface area contributed by atoms with Crippen molar-refractivity contribution >= 4 is 21.7 Å². The molecule has 0 saturated carbocycles. The van der Waals surface area contributed by atoms with E-state index in [0.29, 0.717) is 5.69 Å². The largest absolute Gasteiger partial charge is 0.333 e. The molecule has 0 radical (unpaired) electrons. The molecule has 6 heteroatoms. The van der Waals surface area contributed by atoms with E-state index < -0.39 is 16.1 Å². The molecule has 0 unspecified atom stereocenters. The van der Waals surface area contributed by atoms with Crippen molar-refractivity contribution < 1.29 is 13.2 Å². The van der Waals surface area contributed by atoms with Crippen LogP contribution in [-0.4, -0.2) is 14.4 Å². The van der Waals surface area contributed by atoms with Crippen LogP contribution in [0.15, 0.2) is 53.4 Å². The minimum atomic E-state index is -3.86. The Hall–Kier alpha value is -2.34. The maximum Gasteiger partial charge on any atom is 0.333 e. The Morgan fingerprint density at radius 2 is 1.62 bits per heavy atom. The monoisotopic (exact) mass is 304 g/mol. The number of sulfonamides is 1. The molecule has 21 heavy (non-hydrogen) atoms. The van der Waals surface area contributed by atoms with E-state index >= 15 is 0 Å². The summed E-state index contributed by atoms with van der Waals surface area (Å²) in [5, 5.41) is 2.51. The molecule has 2 rings (SSSR count). The summed E-state index contributed by atoms with van der Waals surface area (Å²) in [6.07, 6.45) is 0. The molecule has 0 aliphatic carbocycles. The van der Waals surface area contributed by atoms with Crippen molar-refractivity contribution in [2.24, 2.45) is 0 Å². The maximum atomic E-state index is 12.0. The molecule has 5 nitrogen and oxygen atoms in total. The summed E-state index contributed by atoms with van der Waals surface area (Å²) >= 11 is 0. The predicted octanol–water partition coefficient (Wildman–Crippen LogP) is 2.81. The highest BCUT2D eigenvalue weighted by Crippen LogP contribution is 2.14. The summed E-state index contributed by atoms with van der Waals surface area (Å²) in [4.78, 5) is 11.8. The van der Waals surface area contributed by atoms with Gasteiger partial charge in [0.15, 0.2) is 0 Å². The molecule has 2 amide bonds. The number of aryl methyl sites for hydroxylation is 2. The second-order valence-electron chi connectivity index (χ2n) is 4.67. The van der Waals surface area contributed by atoms with Crippen molar-refractivity contribution in [2.45, 2.75) is 18.7 Å². The zero-order valence-corrected chi connectivity index (χ0v) is 12.6. The fourth-order valence-electron chi connectivity index (χ4n) is 1.76. The van der Waals surface area contributed by atoms with Crippen molar-refractivity contribution in [1.29, 1.82) is 0 Å². The molecule has 0 aliphatic rings. The van der Waals surface area contributed by atoms with Gasteiger partial charge >= 0.3 is 6.03 Å². The lowest BCUT2D eigenvalue weighted by atomic mass is 10.1. The third-order valence-corrected chi connectivity index (χ3v) is 4.39. The highest BCUT2D eigenvalue weighted by Gasteiger charge is 2.17. The lowest BCUT2D eigenvalue weighted by Gasteiger charge is -2.10. The average Bonchev–Trinajstić information content (AvgIpc) is 2.43. The number of rotatable bonds is 3. The molecule has 0 bridgehead atoms. The first-order chi connectivity index (χ1) is 9.88. The van der Waals surface area contributed by atoms with E-state index in [4.69, 9.17) is 0 Å². The van der Waals surface area contributed by atoms with E-state index in [1.807, 2.05) is 24.6 Å². The number of amides is 2. The van der Waals surface area contributed by atoms with Gasteiger partial charge in [-0.15, -0.1) is 0 Å². The van der Waals surface area contributed by atoms with Gasteiger partial charge in [-0.25, -0.2) is 17.9 Å². The fraction of sp³-hybridized carbons (Fsp3) is 0.133. The predicted molar refractivity (Wildman–Crippen MR) is 81.7 cm³/mol. The van der Waals surface area contributed by atoms with Crippen LogP contribution in [0.3, 0.4) is 0 Å². The van der Waals surface area contributed by atoms with Crippen LogP contribution in [0, 0.1) is 13.8 Å². The number of carbonyl (C=O) groups is 1. The van der Waals surface area contributed by atoms with Gasteiger partial charge in [-0.05, 0) is 49.2 Å². The Morgan fingerprint density at radius 3 is 2.24 bits per heavy atom. The van der Waals surface area contributed by atoms with Crippen molar-refractivity contribution in [3.8, 4) is 0 Å². The number of anilines is 1. The molecule has 2 aromatic carbocycles. The minimum absolute atomic E-state index is 0.0419. The van der Waals surface area contributed by atoms with Crippen molar-refractivity contribution in [1.82, 2.24) is 4.72 Å². The minimum Gasteiger partial charge on any atom is -0.307 e. The first-order valence-electron chi connectivity index (χ1n) is 6.34. The third-order valence-electron chi connectivity index (χ3n) is 3.05. The van der Waals surface area contributed by atoms with E-state index in [1.54, 1.807) is 30.3 Å². The molecule has 0 atom stereocenters. The molecule has 0 heterocycles. The summed E-state index contributed by atoms with van der Waals surface area (Å²) in [7, 11) is -3.86. The molecule has 0 spiro atoms. The van der Waals surface area contributed by atoms with Crippen molar-refractivity contribution in [3.63, 3.8) is 0 Å². The quantitative estimate of drug-likeness (QED) is 0.915. The standard InChI is InChI=1S/C15H16N2O3S/c1-11-8-9-13(10-12(11)2)16-15(18)17-21(19,20)14-6-4-3-5-7-14/h3-10H,1-2H3,(H2,16,17,18). The lowest BCUT2D eigenvalue weighted by molar-refractivity contribution is 0.256. The summed E-state index contributed by atoms with van der Waals surface area (Å²) in [5.41, 5.74) is 2.65. The Balaban J connectivity index is 2.10. The third kappa shape index (κ3) is 3.82. The highest BCUT2D eigenvalue weighted by molar-refractivity contribution is 7.90. The van der Waals surface area contributed by atoms with Gasteiger partial charge in [0.2, 0.25) is 0 Å². The van der Waals surface area contributed by atoms with Gasteiger partial charge in [-0.2, -0.15) is 0 Å². The summed E-state index contributed by atoms with van der Waals surface area (Å²) < 4.78 is 25.9. The van der Waals surface area contributed by atoms with Gasteiger partial charge in [0.1, 0.15) is 0 Å². The van der Waals surface area contributed by atoms with Gasteiger partial charge < -0.3 is 5.32 Å². The van der Waals surface area contributed by atoms with Crippen LogP contribution in [0.1, 0.15) is 11.1 Å². The number of nitrogens with one attached hydrogen (secondary N) is 2. The van der Waals surface area contributed by atoms with E-state index in [-0.39, 0.29) is 4.90 Å². The molecule has 110 valence electrons. The smallest absolute Gasteiger partial charge is 0.307 e. The SMILES string of the molecule is Cc1ccc(NC(=O)NS(=O)(=O)c2ccccc2)cc1C. The van der Waals surface area contributed by atoms with E-state index in [2.05, 4.69) is 5.32 Å². The number of hydrogen-bond acceptors (Lipinski definition) is 3. The van der Waals surface area contributed by atoms with Crippen LogP contribution in [0.4, 0.5) is 10.5 Å². The molecule has 2 aromatic rings. The molecule has 0 fully saturated rings. The molecular weight excluding hydrogens is 288 g/mol. The van der Waals surface area contributed by atoms with Gasteiger partial charge in [-0.1, -0.05) is 24.3 Å². The molecule has 2 N–H and O–H groups in total. The van der Waals surface area contributed by atoms with Gasteiger partial charge in [0, 0.05) is 5.69 Å². The Bertz CT molecular complexity index is 756. The molecular formula is C15H16N2O3S. The summed E-state index contributed by atoms with van der Waals surface area (Å²) in [5.74, 6) is 0. The first kappa shape index (κ1) is 15.1. The van der Waals surface area contributed by atoms with E-state index in [9.17, 15) is 13.2 Å². The zero-order chi connectivity index (χ0) is 15.5. The second-order valence-corrected chi connectivity index (χ2v) is 6.35. The fourth-order valence-corrected chi connectivity index (χ4v) is 2.68. The number of benzene rings is 2. The maximum absolute atomic E-state index is 12.0. The number of carbonyl (C=O) groups excluding carboxylic acids is 1. The lowest BCUT2D eigenvalue weighted by Crippen LogP contribution is -2.34. The van der Waals surface area contributed by atoms with Crippen molar-refractivity contribution in [3.05, 3.63) is 59.7 Å². The topological polar surface area (TPSA) is 75.3 Å². The Kier molecular flexibility index (Phi) is 4.28.